The van der Waals surface area contributed by atoms with E-state index in [9.17, 15) is 4.79 Å². The summed E-state index contributed by atoms with van der Waals surface area (Å²) in [5.74, 6) is 1.84. The number of nitrogens with zero attached hydrogens (tertiary/aromatic N) is 5. The van der Waals surface area contributed by atoms with Crippen LogP contribution in [0.15, 0.2) is 55.1 Å². The number of amides is 1. The van der Waals surface area contributed by atoms with Crippen LogP contribution in [0.1, 0.15) is 30.1 Å². The van der Waals surface area contributed by atoms with E-state index < -0.39 is 0 Å². The maximum absolute atomic E-state index is 13.0. The van der Waals surface area contributed by atoms with Gasteiger partial charge in [0, 0.05) is 18.9 Å². The first-order chi connectivity index (χ1) is 14.2. The van der Waals surface area contributed by atoms with Gasteiger partial charge in [-0.15, -0.1) is 0 Å². The highest BCUT2D eigenvalue weighted by atomic mass is 16.5. The van der Waals surface area contributed by atoms with Gasteiger partial charge in [-0.2, -0.15) is 0 Å². The Hall–Kier alpha value is -3.55. The highest BCUT2D eigenvalue weighted by Gasteiger charge is 2.31. The van der Waals surface area contributed by atoms with E-state index in [1.54, 1.807) is 38.0 Å². The van der Waals surface area contributed by atoms with Crippen molar-refractivity contribution in [3.63, 3.8) is 0 Å². The van der Waals surface area contributed by atoms with Crippen molar-refractivity contribution in [2.24, 2.45) is 0 Å². The first kappa shape index (κ1) is 18.8. The molecule has 1 unspecified atom stereocenters. The molecule has 1 aliphatic rings. The van der Waals surface area contributed by atoms with Crippen molar-refractivity contribution >= 4 is 17.7 Å². The van der Waals surface area contributed by atoms with Gasteiger partial charge in [-0.1, -0.05) is 12.1 Å². The third-order valence-electron chi connectivity index (χ3n) is 4.86. The van der Waals surface area contributed by atoms with Crippen LogP contribution in [-0.2, 0) is 11.2 Å². The Bertz CT molecular complexity index is 982. The third-order valence-corrected chi connectivity index (χ3v) is 4.86. The van der Waals surface area contributed by atoms with Crippen LogP contribution < -0.4 is 10.1 Å². The van der Waals surface area contributed by atoms with Crippen molar-refractivity contribution in [2.45, 2.75) is 25.3 Å². The van der Waals surface area contributed by atoms with E-state index >= 15 is 0 Å². The molecule has 148 valence electrons. The monoisotopic (exact) mass is 390 g/mol. The largest absolute Gasteiger partial charge is 0.497 e. The van der Waals surface area contributed by atoms with E-state index in [0.717, 1.165) is 29.8 Å². The maximum Gasteiger partial charge on any atom is 0.228 e. The molecule has 8 heteroatoms. The summed E-state index contributed by atoms with van der Waals surface area (Å²) in [6.45, 7) is 0.717. The molecule has 0 saturated carbocycles. The number of nitrogens with one attached hydrogen (secondary N) is 1. The van der Waals surface area contributed by atoms with Crippen molar-refractivity contribution in [2.75, 3.05) is 19.0 Å². The predicted octanol–water partition coefficient (Wildman–Crippen LogP) is 2.93. The molecule has 3 heterocycles. The van der Waals surface area contributed by atoms with Crippen molar-refractivity contribution in [1.29, 1.82) is 0 Å². The number of likely N-dealkylation sites (tertiary alicyclic amines) is 1. The van der Waals surface area contributed by atoms with E-state index in [4.69, 9.17) is 4.74 Å². The lowest BCUT2D eigenvalue weighted by Crippen LogP contribution is -2.32. The van der Waals surface area contributed by atoms with E-state index in [0.29, 0.717) is 24.7 Å². The van der Waals surface area contributed by atoms with Gasteiger partial charge in [-0.25, -0.2) is 15.0 Å². The van der Waals surface area contributed by atoms with Crippen LogP contribution in [0.4, 0.5) is 11.8 Å². The van der Waals surface area contributed by atoms with Crippen molar-refractivity contribution in [3.05, 3.63) is 66.4 Å². The Morgan fingerprint density at radius 2 is 2.10 bits per heavy atom. The van der Waals surface area contributed by atoms with Crippen LogP contribution in [0.2, 0.25) is 0 Å². The number of hydrogen-bond donors (Lipinski definition) is 1. The summed E-state index contributed by atoms with van der Waals surface area (Å²) in [4.78, 5) is 32.1. The molecule has 29 heavy (non-hydrogen) atoms. The summed E-state index contributed by atoms with van der Waals surface area (Å²) in [5.41, 5.74) is 1.70. The van der Waals surface area contributed by atoms with Gasteiger partial charge in [0.1, 0.15) is 5.75 Å². The normalized spacial score (nSPS) is 15.9. The van der Waals surface area contributed by atoms with E-state index in [1.807, 2.05) is 29.2 Å². The minimum atomic E-state index is -0.0842. The molecule has 0 aliphatic carbocycles. The lowest BCUT2D eigenvalue weighted by molar-refractivity contribution is -0.131. The molecule has 8 nitrogen and oxygen atoms in total. The molecule has 4 rings (SSSR count). The molecule has 0 bridgehead atoms. The number of hydrogen-bond acceptors (Lipinski definition) is 7. The molecule has 0 radical (unpaired) electrons. The summed E-state index contributed by atoms with van der Waals surface area (Å²) in [6.07, 6.45) is 8.79. The van der Waals surface area contributed by atoms with Crippen LogP contribution in [-0.4, -0.2) is 44.4 Å². The molecule has 1 saturated heterocycles. The number of ether oxygens (including phenoxy) is 1. The smallest absolute Gasteiger partial charge is 0.228 e. The number of aromatic nitrogens is 4. The fourth-order valence-electron chi connectivity index (χ4n) is 3.51. The van der Waals surface area contributed by atoms with E-state index in [1.165, 1.54) is 0 Å². The lowest BCUT2D eigenvalue weighted by atomic mass is 10.1. The minimum absolute atomic E-state index is 0.0762. The van der Waals surface area contributed by atoms with Crippen molar-refractivity contribution in [3.8, 4) is 5.75 Å². The van der Waals surface area contributed by atoms with Crippen molar-refractivity contribution in [1.82, 2.24) is 24.8 Å². The summed E-state index contributed by atoms with van der Waals surface area (Å²) < 4.78 is 5.25. The van der Waals surface area contributed by atoms with Crippen molar-refractivity contribution < 1.29 is 9.53 Å². The Kier molecular flexibility index (Phi) is 5.60. The van der Waals surface area contributed by atoms with Gasteiger partial charge < -0.3 is 15.0 Å². The SMILES string of the molecule is COc1cccc(CC(=O)N2CCCC2c2cncc(Nc3ncccn3)n2)c1. The molecule has 1 atom stereocenters. The van der Waals surface area contributed by atoms with Crippen LogP contribution in [0.3, 0.4) is 0 Å². The fraction of sp³-hybridized carbons (Fsp3) is 0.286. The number of rotatable bonds is 6. The van der Waals surface area contributed by atoms with Gasteiger partial charge in [0.2, 0.25) is 11.9 Å². The van der Waals surface area contributed by atoms with Gasteiger partial charge in [0.05, 0.1) is 37.7 Å². The Balaban J connectivity index is 1.49. The second-order valence-corrected chi connectivity index (χ2v) is 6.80. The molecule has 1 fully saturated rings. The van der Waals surface area contributed by atoms with Gasteiger partial charge >= 0.3 is 0 Å². The molecule has 3 aromatic rings. The average Bonchev–Trinajstić information content (AvgIpc) is 3.25. The highest BCUT2D eigenvalue weighted by Crippen LogP contribution is 2.31. The summed E-state index contributed by atoms with van der Waals surface area (Å²) in [7, 11) is 1.62. The van der Waals surface area contributed by atoms with Crippen LogP contribution in [0, 0.1) is 0 Å². The predicted molar refractivity (Wildman–Crippen MR) is 108 cm³/mol. The molecule has 1 aliphatic heterocycles. The topological polar surface area (TPSA) is 93.1 Å². The number of carbonyl (C=O) groups excluding carboxylic acids is 1. The van der Waals surface area contributed by atoms with E-state index in [2.05, 4.69) is 25.3 Å². The standard InChI is InChI=1S/C21H22N6O2/c1-29-16-6-2-5-15(11-16)12-20(28)27-10-3-7-18(27)17-13-22-14-19(25-17)26-21-23-8-4-9-24-21/h2,4-6,8-9,11,13-14,18H,3,7,10,12H2,1H3,(H,23,24,25,26). The first-order valence-electron chi connectivity index (χ1n) is 9.51. The summed E-state index contributed by atoms with van der Waals surface area (Å²) in [5, 5.41) is 3.05. The molecule has 0 spiro atoms. The molecular formula is C21H22N6O2. The van der Waals surface area contributed by atoms with Gasteiger partial charge in [-0.05, 0) is 36.6 Å². The summed E-state index contributed by atoms with van der Waals surface area (Å²) in [6, 6.07) is 9.27. The Morgan fingerprint density at radius 3 is 2.93 bits per heavy atom. The molecule has 2 aromatic heterocycles. The van der Waals surface area contributed by atoms with Crippen LogP contribution in [0.5, 0.6) is 5.75 Å². The van der Waals surface area contributed by atoms with Gasteiger partial charge in [-0.3, -0.25) is 9.78 Å². The lowest BCUT2D eigenvalue weighted by Gasteiger charge is -2.24. The molecule has 1 aromatic carbocycles. The fourth-order valence-corrected chi connectivity index (χ4v) is 3.51. The molecular weight excluding hydrogens is 368 g/mol. The van der Waals surface area contributed by atoms with E-state index in [-0.39, 0.29) is 11.9 Å². The zero-order chi connectivity index (χ0) is 20.1. The first-order valence-corrected chi connectivity index (χ1v) is 9.51. The molecule has 1 N–H and O–H groups in total. The zero-order valence-electron chi connectivity index (χ0n) is 16.2. The Morgan fingerprint density at radius 1 is 1.24 bits per heavy atom. The highest BCUT2D eigenvalue weighted by molar-refractivity contribution is 5.79. The van der Waals surface area contributed by atoms with Crippen LogP contribution >= 0.6 is 0 Å². The second-order valence-electron chi connectivity index (χ2n) is 6.80. The number of carbonyl (C=O) groups is 1. The number of methoxy groups -OCH3 is 1. The second kappa shape index (κ2) is 8.64. The average molecular weight is 390 g/mol. The quantitative estimate of drug-likeness (QED) is 0.692. The summed E-state index contributed by atoms with van der Waals surface area (Å²) >= 11 is 0. The Labute approximate surface area is 169 Å². The van der Waals surface area contributed by atoms with Gasteiger partial charge in [0.15, 0.2) is 5.82 Å². The third kappa shape index (κ3) is 4.48. The van der Waals surface area contributed by atoms with Gasteiger partial charge in [0.25, 0.3) is 0 Å². The minimum Gasteiger partial charge on any atom is -0.497 e. The number of benzene rings is 1. The zero-order valence-corrected chi connectivity index (χ0v) is 16.2. The van der Waals surface area contributed by atoms with Crippen LogP contribution in [0.25, 0.3) is 0 Å². The number of anilines is 2. The maximum atomic E-state index is 13.0. The molecule has 1 amide bonds.